The van der Waals surface area contributed by atoms with Crippen molar-refractivity contribution in [3.63, 3.8) is 0 Å². The highest BCUT2D eigenvalue weighted by Gasteiger charge is 2.09. The predicted octanol–water partition coefficient (Wildman–Crippen LogP) is 4.80. The van der Waals surface area contributed by atoms with Crippen LogP contribution in [-0.4, -0.2) is 5.78 Å². The van der Waals surface area contributed by atoms with Crippen LogP contribution in [0.1, 0.15) is 41.6 Å². The molecule has 0 bridgehead atoms. The lowest BCUT2D eigenvalue weighted by molar-refractivity contribution is 0.104. The minimum Gasteiger partial charge on any atom is -0.289 e. The molecule has 2 rings (SSSR count). The van der Waals surface area contributed by atoms with E-state index in [1.165, 1.54) is 0 Å². The highest BCUT2D eigenvalue weighted by atomic mass is 35.5. The average Bonchev–Trinajstić information content (AvgIpc) is 2.38. The number of hydrogen-bond acceptors (Lipinski definition) is 1. The van der Waals surface area contributed by atoms with Gasteiger partial charge >= 0.3 is 0 Å². The van der Waals surface area contributed by atoms with E-state index in [0.29, 0.717) is 0 Å². The van der Waals surface area contributed by atoms with Crippen molar-refractivity contribution in [1.82, 2.24) is 0 Å². The Morgan fingerprint density at radius 1 is 1.17 bits per heavy atom. The van der Waals surface area contributed by atoms with Crippen molar-refractivity contribution in [3.05, 3.63) is 58.1 Å². The van der Waals surface area contributed by atoms with E-state index in [4.69, 9.17) is 11.6 Å². The normalized spacial score (nSPS) is 16.3. The minimum atomic E-state index is 0.0394. The van der Waals surface area contributed by atoms with Crippen LogP contribution in [0.15, 0.2) is 47.0 Å². The molecule has 0 atom stereocenters. The van der Waals surface area contributed by atoms with Gasteiger partial charge in [0.25, 0.3) is 0 Å². The topological polar surface area (TPSA) is 17.1 Å². The first-order chi connectivity index (χ1) is 8.66. The number of carbonyl (C=O) groups excluding carboxylic acids is 1. The third-order valence-electron chi connectivity index (χ3n) is 3.21. The van der Waals surface area contributed by atoms with Gasteiger partial charge in [0.1, 0.15) is 0 Å². The molecule has 0 radical (unpaired) electrons. The zero-order valence-corrected chi connectivity index (χ0v) is 11.3. The number of ketones is 1. The maximum atomic E-state index is 12.0. The molecule has 1 aromatic carbocycles. The second-order valence-electron chi connectivity index (χ2n) is 4.70. The largest absolute Gasteiger partial charge is 0.289 e. The highest BCUT2D eigenvalue weighted by molar-refractivity contribution is 6.30. The number of hydrogen-bond donors (Lipinski definition) is 0. The van der Waals surface area contributed by atoms with Crippen molar-refractivity contribution < 1.29 is 4.79 Å². The summed E-state index contributed by atoms with van der Waals surface area (Å²) in [5, 5.41) is 0.911. The van der Waals surface area contributed by atoms with Crippen LogP contribution < -0.4 is 0 Å². The zero-order chi connectivity index (χ0) is 13.0. The Hall–Kier alpha value is -1.34. The molecule has 0 N–H and O–H groups in total. The van der Waals surface area contributed by atoms with Gasteiger partial charge in [0.05, 0.1) is 0 Å². The summed E-state index contributed by atoms with van der Waals surface area (Å²) in [6, 6.07) is 7.62. The van der Waals surface area contributed by atoms with E-state index in [1.807, 2.05) is 37.3 Å². The molecule has 1 nitrogen and oxygen atoms in total. The van der Waals surface area contributed by atoms with Crippen molar-refractivity contribution in [1.29, 1.82) is 0 Å². The molecule has 94 valence electrons. The quantitative estimate of drug-likeness (QED) is 0.564. The maximum Gasteiger partial charge on any atom is 0.185 e. The van der Waals surface area contributed by atoms with E-state index >= 15 is 0 Å². The number of benzene rings is 1. The van der Waals surface area contributed by atoms with Gasteiger partial charge in [0, 0.05) is 10.6 Å². The van der Waals surface area contributed by atoms with Crippen LogP contribution in [0.4, 0.5) is 0 Å². The second-order valence-corrected chi connectivity index (χ2v) is 5.16. The first-order valence-corrected chi connectivity index (χ1v) is 6.71. The van der Waals surface area contributed by atoms with Crippen LogP contribution in [-0.2, 0) is 0 Å². The highest BCUT2D eigenvalue weighted by Crippen LogP contribution is 2.28. The molecule has 1 aliphatic carbocycles. The Balaban J connectivity index is 2.09. The summed E-state index contributed by atoms with van der Waals surface area (Å²) in [5.74, 6) is 0.0394. The Labute approximate surface area is 113 Å². The fraction of sp³-hybridized carbons (Fsp3) is 0.312. The van der Waals surface area contributed by atoms with E-state index in [1.54, 1.807) is 6.08 Å². The second kappa shape index (κ2) is 6.01. The van der Waals surface area contributed by atoms with E-state index in [2.05, 4.69) is 0 Å². The summed E-state index contributed by atoms with van der Waals surface area (Å²) in [4.78, 5) is 12.0. The fourth-order valence-corrected chi connectivity index (χ4v) is 2.35. The van der Waals surface area contributed by atoms with Gasteiger partial charge in [-0.2, -0.15) is 0 Å². The van der Waals surface area contributed by atoms with Crippen molar-refractivity contribution >= 4 is 17.4 Å². The molecule has 0 aromatic heterocycles. The van der Waals surface area contributed by atoms with E-state index in [9.17, 15) is 4.79 Å². The van der Waals surface area contributed by atoms with Gasteiger partial charge < -0.3 is 0 Å². The molecule has 1 aromatic rings. The monoisotopic (exact) mass is 260 g/mol. The van der Waals surface area contributed by atoms with Crippen LogP contribution in [0.2, 0.25) is 0 Å². The lowest BCUT2D eigenvalue weighted by Crippen LogP contribution is -1.97. The van der Waals surface area contributed by atoms with Gasteiger partial charge in [0.2, 0.25) is 0 Å². The van der Waals surface area contributed by atoms with Crippen LogP contribution in [0.5, 0.6) is 0 Å². The summed E-state index contributed by atoms with van der Waals surface area (Å²) in [6.45, 7) is 2.01. The first-order valence-electron chi connectivity index (χ1n) is 6.33. The molecular formula is C16H17ClO. The van der Waals surface area contributed by atoms with E-state index in [-0.39, 0.29) is 5.78 Å². The van der Waals surface area contributed by atoms with Crippen molar-refractivity contribution in [2.24, 2.45) is 0 Å². The lowest BCUT2D eigenvalue weighted by atomic mass is 9.98. The molecule has 0 heterocycles. The molecule has 1 aliphatic rings. The third kappa shape index (κ3) is 3.33. The van der Waals surface area contributed by atoms with Crippen LogP contribution >= 0.6 is 11.6 Å². The number of halogens is 1. The van der Waals surface area contributed by atoms with Gasteiger partial charge in [-0.25, -0.2) is 0 Å². The molecule has 0 amide bonds. The molecule has 0 unspecified atom stereocenters. The van der Waals surface area contributed by atoms with Crippen LogP contribution in [0, 0.1) is 6.92 Å². The Bertz CT molecular complexity index is 494. The standard InChI is InChI=1S/C16H17ClO/c1-12-6-8-14(9-7-12)16(18)11-10-13-4-2-3-5-15(13)17/h6-11H,2-5H2,1H3. The molecular weight excluding hydrogens is 244 g/mol. The molecule has 0 saturated heterocycles. The van der Waals surface area contributed by atoms with Gasteiger partial charge in [0.15, 0.2) is 5.78 Å². The van der Waals surface area contributed by atoms with E-state index < -0.39 is 0 Å². The molecule has 0 fully saturated rings. The number of carbonyl (C=O) groups is 1. The van der Waals surface area contributed by atoms with Crippen LogP contribution in [0.25, 0.3) is 0 Å². The van der Waals surface area contributed by atoms with Crippen LogP contribution in [0.3, 0.4) is 0 Å². The Morgan fingerprint density at radius 3 is 2.50 bits per heavy atom. The smallest absolute Gasteiger partial charge is 0.185 e. The summed E-state index contributed by atoms with van der Waals surface area (Å²) in [6.07, 6.45) is 7.75. The molecule has 18 heavy (non-hydrogen) atoms. The van der Waals surface area contributed by atoms with Gasteiger partial charge in [-0.3, -0.25) is 4.79 Å². The molecule has 2 heteroatoms. The van der Waals surface area contributed by atoms with Crippen molar-refractivity contribution in [3.8, 4) is 0 Å². The third-order valence-corrected chi connectivity index (χ3v) is 3.64. The predicted molar refractivity (Wildman–Crippen MR) is 76.0 cm³/mol. The SMILES string of the molecule is Cc1ccc(C(=O)C=CC2=C(Cl)CCCC2)cc1. The Kier molecular flexibility index (Phi) is 4.38. The Morgan fingerprint density at radius 2 is 1.83 bits per heavy atom. The summed E-state index contributed by atoms with van der Waals surface area (Å²) >= 11 is 6.15. The van der Waals surface area contributed by atoms with Gasteiger partial charge in [-0.05, 0) is 44.3 Å². The number of rotatable bonds is 3. The number of allylic oxidation sites excluding steroid dienone is 4. The van der Waals surface area contributed by atoms with E-state index in [0.717, 1.165) is 47.4 Å². The summed E-state index contributed by atoms with van der Waals surface area (Å²) < 4.78 is 0. The van der Waals surface area contributed by atoms with Gasteiger partial charge in [-0.1, -0.05) is 47.5 Å². The van der Waals surface area contributed by atoms with Crippen molar-refractivity contribution in [2.75, 3.05) is 0 Å². The fourth-order valence-electron chi connectivity index (χ4n) is 2.06. The maximum absolute atomic E-state index is 12.0. The van der Waals surface area contributed by atoms with Gasteiger partial charge in [-0.15, -0.1) is 0 Å². The molecule has 0 aliphatic heterocycles. The summed E-state index contributed by atoms with van der Waals surface area (Å²) in [5.41, 5.74) is 3.00. The van der Waals surface area contributed by atoms with Crippen molar-refractivity contribution in [2.45, 2.75) is 32.6 Å². The zero-order valence-electron chi connectivity index (χ0n) is 10.6. The molecule has 0 saturated carbocycles. The average molecular weight is 261 g/mol. The molecule has 0 spiro atoms. The minimum absolute atomic E-state index is 0.0394. The summed E-state index contributed by atoms with van der Waals surface area (Å²) in [7, 11) is 0. The first kappa shape index (κ1) is 13.1. The lowest BCUT2D eigenvalue weighted by Gasteiger charge is -2.12. The number of aryl methyl sites for hydroxylation is 1.